The molecule has 4 aromatic rings. The molecule has 6 N–H and O–H groups in total. The van der Waals surface area contributed by atoms with Crippen LogP contribution in [-0.2, 0) is 0 Å². The van der Waals surface area contributed by atoms with Crippen LogP contribution in [0.15, 0.2) is 42.6 Å². The summed E-state index contributed by atoms with van der Waals surface area (Å²) < 4.78 is 0. The van der Waals surface area contributed by atoms with Gasteiger partial charge in [-0.15, -0.1) is 0 Å². The molecular weight excluding hydrogens is 382 g/mol. The second-order valence-corrected chi connectivity index (χ2v) is 6.77. The molecule has 4 rings (SSSR count). The Labute approximate surface area is 171 Å². The minimum absolute atomic E-state index is 0.0831. The summed E-state index contributed by atoms with van der Waals surface area (Å²) in [6.07, 6.45) is 1.68. The van der Waals surface area contributed by atoms with Crippen LogP contribution in [0.4, 0.5) is 5.69 Å². The minimum atomic E-state index is -0.767. The van der Waals surface area contributed by atoms with Gasteiger partial charge in [0.1, 0.15) is 0 Å². The van der Waals surface area contributed by atoms with E-state index in [1.54, 1.807) is 37.5 Å². The van der Waals surface area contributed by atoms with E-state index in [2.05, 4.69) is 25.5 Å². The van der Waals surface area contributed by atoms with Crippen LogP contribution in [0.2, 0.25) is 0 Å². The second-order valence-electron chi connectivity index (χ2n) is 6.77. The van der Waals surface area contributed by atoms with Gasteiger partial charge in [0, 0.05) is 29.1 Å². The highest BCUT2D eigenvalue weighted by atomic mass is 16.2. The number of nitrogens with zero attached hydrogens (tertiary/aromatic N) is 3. The molecule has 0 saturated carbocycles. The van der Waals surface area contributed by atoms with Gasteiger partial charge in [-0.25, -0.2) is 9.97 Å². The fourth-order valence-electron chi connectivity index (χ4n) is 3.36. The highest BCUT2D eigenvalue weighted by Gasteiger charge is 2.21. The van der Waals surface area contributed by atoms with Gasteiger partial charge in [0.05, 0.1) is 23.1 Å². The first-order valence-corrected chi connectivity index (χ1v) is 9.13. The zero-order valence-electron chi connectivity index (χ0n) is 16.4. The summed E-state index contributed by atoms with van der Waals surface area (Å²) in [5, 5.41) is 10.4. The molecule has 0 bridgehead atoms. The number of hydrogen-bond acceptors (Lipinski definition) is 6. The van der Waals surface area contributed by atoms with Crippen molar-refractivity contribution < 1.29 is 9.59 Å². The molecule has 30 heavy (non-hydrogen) atoms. The Hall–Kier alpha value is -4.27. The predicted octanol–water partition coefficient (Wildman–Crippen LogP) is 2.04. The van der Waals surface area contributed by atoms with E-state index in [-0.39, 0.29) is 23.1 Å². The first kappa shape index (κ1) is 19.1. The minimum Gasteiger partial charge on any atom is -0.395 e. The normalized spacial score (nSPS) is 10.9. The van der Waals surface area contributed by atoms with E-state index in [1.807, 2.05) is 19.1 Å². The number of amides is 2. The van der Waals surface area contributed by atoms with Gasteiger partial charge in [0.2, 0.25) is 0 Å². The number of nitrogens with one attached hydrogen (secondary N) is 2. The first-order valence-electron chi connectivity index (χ1n) is 9.13. The molecule has 2 amide bonds. The number of nitrogen functional groups attached to an aromatic ring is 1. The number of aromatic amines is 1. The average molecular weight is 401 g/mol. The van der Waals surface area contributed by atoms with E-state index >= 15 is 0 Å². The summed E-state index contributed by atoms with van der Waals surface area (Å²) in [6.45, 7) is 1.92. The third kappa shape index (κ3) is 3.12. The zero-order valence-corrected chi connectivity index (χ0v) is 16.4. The zero-order chi connectivity index (χ0) is 21.4. The van der Waals surface area contributed by atoms with Gasteiger partial charge in [-0.05, 0) is 30.7 Å². The maximum atomic E-state index is 12.1. The summed E-state index contributed by atoms with van der Waals surface area (Å²) in [7, 11) is 1.55. The van der Waals surface area contributed by atoms with Crippen LogP contribution < -0.4 is 16.8 Å². The predicted molar refractivity (Wildman–Crippen MR) is 114 cm³/mol. The van der Waals surface area contributed by atoms with Gasteiger partial charge in [-0.1, -0.05) is 18.2 Å². The molecule has 2 aromatic heterocycles. The number of aryl methyl sites for hydroxylation is 1. The van der Waals surface area contributed by atoms with Crippen molar-refractivity contribution in [3.8, 4) is 22.6 Å². The van der Waals surface area contributed by atoms with Crippen LogP contribution in [0, 0.1) is 6.92 Å². The first-order chi connectivity index (χ1) is 14.4. The van der Waals surface area contributed by atoms with Crippen LogP contribution in [0.25, 0.3) is 33.5 Å². The molecule has 0 aliphatic carbocycles. The molecule has 2 heterocycles. The Balaban J connectivity index is 2.01. The van der Waals surface area contributed by atoms with Gasteiger partial charge in [0.15, 0.2) is 11.5 Å². The molecule has 150 valence electrons. The molecule has 2 aromatic carbocycles. The van der Waals surface area contributed by atoms with E-state index in [0.29, 0.717) is 16.8 Å². The largest absolute Gasteiger partial charge is 0.395 e. The summed E-state index contributed by atoms with van der Waals surface area (Å²) >= 11 is 0. The molecule has 0 radical (unpaired) electrons. The summed E-state index contributed by atoms with van der Waals surface area (Å²) in [6, 6.07) is 10.6. The highest BCUT2D eigenvalue weighted by Crippen LogP contribution is 2.35. The number of hydrogen-bond donors (Lipinski definition) is 4. The number of carbonyl (C=O) groups is 2. The van der Waals surface area contributed by atoms with E-state index < -0.39 is 5.91 Å². The van der Waals surface area contributed by atoms with Crippen molar-refractivity contribution in [1.29, 1.82) is 0 Å². The topological polar surface area (TPSA) is 153 Å². The number of anilines is 1. The van der Waals surface area contributed by atoms with Crippen LogP contribution in [0.5, 0.6) is 0 Å². The number of benzene rings is 2. The fraction of sp³-hybridized carbons (Fsp3) is 0.0952. The third-order valence-electron chi connectivity index (χ3n) is 4.86. The lowest BCUT2D eigenvalue weighted by Crippen LogP contribution is -2.19. The summed E-state index contributed by atoms with van der Waals surface area (Å²) in [5.41, 5.74) is 15.6. The van der Waals surface area contributed by atoms with E-state index in [0.717, 1.165) is 22.0 Å². The quantitative estimate of drug-likeness (QED) is 0.410. The summed E-state index contributed by atoms with van der Waals surface area (Å²) in [4.78, 5) is 33.0. The highest BCUT2D eigenvalue weighted by molar-refractivity contribution is 6.04. The fourth-order valence-corrected chi connectivity index (χ4v) is 3.36. The maximum absolute atomic E-state index is 12.1. The number of nitrogens with two attached hydrogens (primary N) is 2. The van der Waals surface area contributed by atoms with Gasteiger partial charge in [0.25, 0.3) is 11.8 Å². The lowest BCUT2D eigenvalue weighted by molar-refractivity contribution is 0.0961. The molecule has 0 aliphatic rings. The van der Waals surface area contributed by atoms with Crippen molar-refractivity contribution in [2.45, 2.75) is 6.92 Å². The van der Waals surface area contributed by atoms with Crippen molar-refractivity contribution in [1.82, 2.24) is 25.5 Å². The van der Waals surface area contributed by atoms with Gasteiger partial charge >= 0.3 is 0 Å². The molecule has 0 atom stereocenters. The van der Waals surface area contributed by atoms with Gasteiger partial charge in [-0.2, -0.15) is 5.10 Å². The van der Waals surface area contributed by atoms with E-state index in [4.69, 9.17) is 11.5 Å². The lowest BCUT2D eigenvalue weighted by atomic mass is 9.99. The Morgan fingerprint density at radius 3 is 2.67 bits per heavy atom. The smallest absolute Gasteiger partial charge is 0.269 e. The van der Waals surface area contributed by atoms with Gasteiger partial charge in [-0.3, -0.25) is 14.7 Å². The van der Waals surface area contributed by atoms with Crippen molar-refractivity contribution in [2.24, 2.45) is 5.73 Å². The Morgan fingerprint density at radius 2 is 1.93 bits per heavy atom. The van der Waals surface area contributed by atoms with Crippen LogP contribution in [0.3, 0.4) is 0 Å². The standard InChI is InChI=1S/C21H19N7O2/c1-10-6-7-14-13(9-25-28-14)15(10)17-16(22)18(19(23)29)27-20(26-17)11-4-3-5-12(8-11)21(30)24-2/h3-9H,22H2,1-2H3,(H2,23,29)(H,24,30)(H,25,28). The second kappa shape index (κ2) is 7.28. The number of fused-ring (bicyclic) bond motifs is 1. The molecule has 9 heteroatoms. The van der Waals surface area contributed by atoms with Crippen LogP contribution >= 0.6 is 0 Å². The third-order valence-corrected chi connectivity index (χ3v) is 4.86. The van der Waals surface area contributed by atoms with Crippen molar-refractivity contribution in [3.63, 3.8) is 0 Å². The number of carbonyl (C=O) groups excluding carboxylic acids is 2. The molecule has 9 nitrogen and oxygen atoms in total. The SMILES string of the molecule is CNC(=O)c1cccc(-c2nc(C(N)=O)c(N)c(-c3c(C)ccc4[nH]ncc34)n2)c1. The van der Waals surface area contributed by atoms with Crippen LogP contribution in [-0.4, -0.2) is 39.0 Å². The molecule has 0 aliphatic heterocycles. The van der Waals surface area contributed by atoms with Crippen molar-refractivity contribution in [2.75, 3.05) is 12.8 Å². The molecule has 0 spiro atoms. The Bertz CT molecular complexity index is 1310. The Morgan fingerprint density at radius 1 is 1.13 bits per heavy atom. The molecular formula is C21H19N7O2. The van der Waals surface area contributed by atoms with Crippen LogP contribution in [0.1, 0.15) is 26.4 Å². The Kier molecular flexibility index (Phi) is 4.63. The van der Waals surface area contributed by atoms with Crippen molar-refractivity contribution in [3.05, 3.63) is 59.4 Å². The van der Waals surface area contributed by atoms with E-state index in [9.17, 15) is 9.59 Å². The summed E-state index contributed by atoms with van der Waals surface area (Å²) in [5.74, 6) is -0.780. The number of primary amides is 1. The molecule has 0 unspecified atom stereocenters. The van der Waals surface area contributed by atoms with Gasteiger partial charge < -0.3 is 16.8 Å². The number of aromatic nitrogens is 4. The van der Waals surface area contributed by atoms with E-state index in [1.165, 1.54) is 0 Å². The maximum Gasteiger partial charge on any atom is 0.269 e. The number of H-pyrrole nitrogens is 1. The monoisotopic (exact) mass is 401 g/mol. The molecule has 0 fully saturated rings. The molecule has 0 saturated heterocycles. The van der Waals surface area contributed by atoms with Crippen molar-refractivity contribution >= 4 is 28.4 Å². The lowest BCUT2D eigenvalue weighted by Gasteiger charge is -2.14. The number of rotatable bonds is 4. The average Bonchev–Trinajstić information content (AvgIpc) is 3.22.